The SMILES string of the molecule is CNC(=O)N1CCCC2CCCCC21. The molecule has 2 amide bonds. The number of likely N-dealkylation sites (tertiary alicyclic amines) is 1. The Balaban J connectivity index is 2.04. The topological polar surface area (TPSA) is 32.3 Å². The monoisotopic (exact) mass is 196 g/mol. The van der Waals surface area contributed by atoms with E-state index in [-0.39, 0.29) is 6.03 Å². The largest absolute Gasteiger partial charge is 0.341 e. The van der Waals surface area contributed by atoms with E-state index in [0.29, 0.717) is 6.04 Å². The number of carbonyl (C=O) groups is 1. The summed E-state index contributed by atoms with van der Waals surface area (Å²) >= 11 is 0. The van der Waals surface area contributed by atoms with E-state index in [1.54, 1.807) is 7.05 Å². The Morgan fingerprint density at radius 3 is 2.71 bits per heavy atom. The summed E-state index contributed by atoms with van der Waals surface area (Å²) in [7, 11) is 1.73. The van der Waals surface area contributed by atoms with E-state index >= 15 is 0 Å². The number of rotatable bonds is 0. The van der Waals surface area contributed by atoms with Gasteiger partial charge in [0.15, 0.2) is 0 Å². The number of nitrogens with zero attached hydrogens (tertiary/aromatic N) is 1. The van der Waals surface area contributed by atoms with E-state index in [1.165, 1.54) is 38.5 Å². The first-order valence-corrected chi connectivity index (χ1v) is 5.81. The van der Waals surface area contributed by atoms with Crippen LogP contribution in [0.2, 0.25) is 0 Å². The Hall–Kier alpha value is -0.730. The summed E-state index contributed by atoms with van der Waals surface area (Å²) < 4.78 is 0. The highest BCUT2D eigenvalue weighted by atomic mass is 16.2. The molecule has 0 aromatic heterocycles. The van der Waals surface area contributed by atoms with Crippen LogP contribution in [-0.4, -0.2) is 30.6 Å². The predicted molar refractivity (Wildman–Crippen MR) is 56.1 cm³/mol. The molecule has 3 heteroatoms. The minimum Gasteiger partial charge on any atom is -0.341 e. The molecule has 2 aliphatic rings. The maximum Gasteiger partial charge on any atom is 0.317 e. The van der Waals surface area contributed by atoms with Crippen molar-refractivity contribution in [1.82, 2.24) is 10.2 Å². The van der Waals surface area contributed by atoms with Gasteiger partial charge >= 0.3 is 6.03 Å². The smallest absolute Gasteiger partial charge is 0.317 e. The lowest BCUT2D eigenvalue weighted by Crippen LogP contribution is -2.52. The van der Waals surface area contributed by atoms with Crippen LogP contribution in [0.15, 0.2) is 0 Å². The number of amides is 2. The van der Waals surface area contributed by atoms with Crippen molar-refractivity contribution in [3.63, 3.8) is 0 Å². The highest BCUT2D eigenvalue weighted by Crippen LogP contribution is 2.35. The molecule has 2 rings (SSSR count). The van der Waals surface area contributed by atoms with E-state index in [1.807, 2.05) is 0 Å². The van der Waals surface area contributed by atoms with Gasteiger partial charge in [0, 0.05) is 19.6 Å². The second kappa shape index (κ2) is 4.20. The van der Waals surface area contributed by atoms with Gasteiger partial charge < -0.3 is 10.2 Å². The highest BCUT2D eigenvalue weighted by Gasteiger charge is 2.35. The molecule has 0 bridgehead atoms. The van der Waals surface area contributed by atoms with E-state index in [2.05, 4.69) is 10.2 Å². The van der Waals surface area contributed by atoms with E-state index in [4.69, 9.17) is 0 Å². The minimum atomic E-state index is 0.126. The third-order valence-electron chi connectivity index (χ3n) is 3.72. The summed E-state index contributed by atoms with van der Waals surface area (Å²) in [6, 6.07) is 0.666. The Bertz CT molecular complexity index is 215. The van der Waals surface area contributed by atoms with Crippen molar-refractivity contribution in [2.75, 3.05) is 13.6 Å². The number of nitrogens with one attached hydrogen (secondary N) is 1. The van der Waals surface area contributed by atoms with Gasteiger partial charge in [-0.15, -0.1) is 0 Å². The molecule has 0 aromatic carbocycles. The molecule has 2 fully saturated rings. The van der Waals surface area contributed by atoms with Crippen LogP contribution in [0, 0.1) is 5.92 Å². The van der Waals surface area contributed by atoms with Gasteiger partial charge in [-0.25, -0.2) is 4.79 Å². The normalized spacial score (nSPS) is 32.2. The molecule has 1 aliphatic carbocycles. The van der Waals surface area contributed by atoms with Crippen molar-refractivity contribution in [3.8, 4) is 0 Å². The van der Waals surface area contributed by atoms with Crippen LogP contribution >= 0.6 is 0 Å². The molecule has 1 N–H and O–H groups in total. The van der Waals surface area contributed by atoms with E-state index in [0.717, 1.165) is 12.5 Å². The molecular formula is C11H20N2O. The lowest BCUT2D eigenvalue weighted by Gasteiger charge is -2.43. The molecule has 2 atom stereocenters. The van der Waals surface area contributed by atoms with Crippen LogP contribution in [-0.2, 0) is 0 Å². The van der Waals surface area contributed by atoms with Crippen molar-refractivity contribution >= 4 is 6.03 Å². The first kappa shape index (κ1) is 9.81. The third kappa shape index (κ3) is 1.72. The van der Waals surface area contributed by atoms with Crippen LogP contribution in [0.3, 0.4) is 0 Å². The molecule has 0 aromatic rings. The highest BCUT2D eigenvalue weighted by molar-refractivity contribution is 5.74. The first-order chi connectivity index (χ1) is 6.83. The van der Waals surface area contributed by atoms with Crippen molar-refractivity contribution in [2.45, 2.75) is 44.6 Å². The molecule has 1 aliphatic heterocycles. The van der Waals surface area contributed by atoms with Gasteiger partial charge in [-0.2, -0.15) is 0 Å². The van der Waals surface area contributed by atoms with Gasteiger partial charge in [-0.3, -0.25) is 0 Å². The van der Waals surface area contributed by atoms with Crippen LogP contribution in [0.25, 0.3) is 0 Å². The molecule has 2 unspecified atom stereocenters. The quantitative estimate of drug-likeness (QED) is 0.631. The average molecular weight is 196 g/mol. The van der Waals surface area contributed by atoms with Crippen molar-refractivity contribution < 1.29 is 4.79 Å². The molecule has 0 radical (unpaired) electrons. The van der Waals surface area contributed by atoms with Gasteiger partial charge in [0.2, 0.25) is 0 Å². The Kier molecular flexibility index (Phi) is 2.94. The molecule has 1 saturated heterocycles. The van der Waals surface area contributed by atoms with Gasteiger partial charge in [0.1, 0.15) is 0 Å². The summed E-state index contributed by atoms with van der Waals surface area (Å²) in [6.45, 7) is 0.959. The summed E-state index contributed by atoms with van der Waals surface area (Å²) in [5.41, 5.74) is 0. The van der Waals surface area contributed by atoms with Crippen molar-refractivity contribution in [3.05, 3.63) is 0 Å². The molecule has 14 heavy (non-hydrogen) atoms. The number of piperidine rings is 1. The number of hydrogen-bond acceptors (Lipinski definition) is 1. The summed E-state index contributed by atoms with van der Waals surface area (Å²) in [5.74, 6) is 0.787. The summed E-state index contributed by atoms with van der Waals surface area (Å²) in [4.78, 5) is 13.7. The van der Waals surface area contributed by atoms with Crippen LogP contribution in [0.5, 0.6) is 0 Å². The standard InChI is InChI=1S/C11H20N2O/c1-12-11(14)13-8-4-6-9-5-2-3-7-10(9)13/h9-10H,2-8H2,1H3,(H,12,14). The third-order valence-corrected chi connectivity index (χ3v) is 3.72. The van der Waals surface area contributed by atoms with Crippen molar-refractivity contribution in [1.29, 1.82) is 0 Å². The summed E-state index contributed by atoms with van der Waals surface area (Å²) in [5, 5.41) is 2.75. The molecule has 3 nitrogen and oxygen atoms in total. The first-order valence-electron chi connectivity index (χ1n) is 5.81. The van der Waals surface area contributed by atoms with Crippen LogP contribution in [0.4, 0.5) is 4.79 Å². The zero-order chi connectivity index (χ0) is 9.97. The van der Waals surface area contributed by atoms with Gasteiger partial charge in [-0.05, 0) is 31.6 Å². The maximum absolute atomic E-state index is 11.6. The second-order valence-electron chi connectivity index (χ2n) is 4.50. The fraction of sp³-hybridized carbons (Fsp3) is 0.909. The van der Waals surface area contributed by atoms with E-state index in [9.17, 15) is 4.79 Å². The average Bonchev–Trinajstić information content (AvgIpc) is 2.27. The maximum atomic E-state index is 11.6. The number of fused-ring (bicyclic) bond motifs is 1. The fourth-order valence-electron chi connectivity index (χ4n) is 3.02. The lowest BCUT2D eigenvalue weighted by atomic mass is 9.78. The number of carbonyl (C=O) groups excluding carboxylic acids is 1. The second-order valence-corrected chi connectivity index (χ2v) is 4.50. The lowest BCUT2D eigenvalue weighted by molar-refractivity contribution is 0.0852. The van der Waals surface area contributed by atoms with Gasteiger partial charge in [0.05, 0.1) is 0 Å². The predicted octanol–water partition coefficient (Wildman–Crippen LogP) is 1.98. The molecule has 0 spiro atoms. The molecule has 1 saturated carbocycles. The van der Waals surface area contributed by atoms with Gasteiger partial charge in [0.25, 0.3) is 0 Å². The number of urea groups is 1. The van der Waals surface area contributed by atoms with Crippen molar-refractivity contribution in [2.24, 2.45) is 5.92 Å². The van der Waals surface area contributed by atoms with Crippen LogP contribution < -0.4 is 5.32 Å². The zero-order valence-electron chi connectivity index (χ0n) is 8.96. The minimum absolute atomic E-state index is 0.126. The number of hydrogen-bond donors (Lipinski definition) is 1. The fourth-order valence-corrected chi connectivity index (χ4v) is 3.02. The Morgan fingerprint density at radius 2 is 1.93 bits per heavy atom. The Labute approximate surface area is 85.8 Å². The molecule has 1 heterocycles. The molecule has 80 valence electrons. The van der Waals surface area contributed by atoms with Crippen LogP contribution in [0.1, 0.15) is 38.5 Å². The molecular weight excluding hydrogens is 176 g/mol. The summed E-state index contributed by atoms with van der Waals surface area (Å²) in [6.07, 6.45) is 7.74. The Morgan fingerprint density at radius 1 is 1.21 bits per heavy atom. The zero-order valence-corrected chi connectivity index (χ0v) is 8.96. The van der Waals surface area contributed by atoms with Gasteiger partial charge in [-0.1, -0.05) is 12.8 Å². The van der Waals surface area contributed by atoms with E-state index < -0.39 is 0 Å².